The Morgan fingerprint density at radius 1 is 0.716 bits per heavy atom. The quantitative estimate of drug-likeness (QED) is 0.124. The van der Waals surface area contributed by atoms with E-state index in [1.165, 1.54) is 14.0 Å². The molecule has 5 N–H and O–H groups in total. The van der Waals surface area contributed by atoms with Crippen LogP contribution in [0.3, 0.4) is 0 Å². The number of aliphatic hydroxyl groups excluding tert-OH is 2. The molecule has 24 atom stereocenters. The van der Waals surface area contributed by atoms with Crippen molar-refractivity contribution >= 4 is 11.9 Å². The van der Waals surface area contributed by atoms with E-state index in [1.807, 2.05) is 20.8 Å². The van der Waals surface area contributed by atoms with Gasteiger partial charge in [0.15, 0.2) is 18.9 Å². The predicted molar refractivity (Wildman–Crippen MR) is 237 cm³/mol. The van der Waals surface area contributed by atoms with Crippen LogP contribution in [-0.4, -0.2) is 174 Å². The lowest BCUT2D eigenvalue weighted by Crippen LogP contribution is -2.79. The highest BCUT2D eigenvalue weighted by Gasteiger charge is 2.82. The van der Waals surface area contributed by atoms with E-state index in [1.54, 1.807) is 41.9 Å². The van der Waals surface area contributed by atoms with Gasteiger partial charge >= 0.3 is 11.9 Å². The third-order valence-corrected chi connectivity index (χ3v) is 18.3. The van der Waals surface area contributed by atoms with Crippen molar-refractivity contribution in [2.45, 2.75) is 248 Å². The standard InChI is InChI=1S/C49H82O18/c1-13-24(2)43(53)63-28(6)47(54)18-19-49(56)46(47,9)35(64-29(7)50)23-34-45(8)16-15-31(20-30(45)14-17-48(34,49)55)65-36-21-32(57-10)40(26(4)60-36)66-37-22-33(58-11)41(27(5)61-37)67-44-39(52)42(59-12)38(51)25(3)62-44/h24-28,30-42,44,51-52,54-56H,13-23H2,1-12H3. The third kappa shape index (κ3) is 9.05. The Morgan fingerprint density at radius 3 is 1.91 bits per heavy atom. The zero-order valence-corrected chi connectivity index (χ0v) is 41.8. The van der Waals surface area contributed by atoms with E-state index in [0.29, 0.717) is 44.9 Å². The number of fused-ring (bicyclic) bond motifs is 5. The minimum absolute atomic E-state index is 0.0429. The molecule has 67 heavy (non-hydrogen) atoms. The van der Waals surface area contributed by atoms with Crippen LogP contribution in [0.5, 0.6) is 0 Å². The summed E-state index contributed by atoms with van der Waals surface area (Å²) in [4.78, 5) is 25.8. The number of ether oxygens (including phenoxy) is 11. The van der Waals surface area contributed by atoms with Gasteiger partial charge in [-0.1, -0.05) is 27.7 Å². The number of carbonyl (C=O) groups excluding carboxylic acids is 2. The number of aliphatic hydroxyl groups is 5. The number of carbonyl (C=O) groups is 2. The van der Waals surface area contributed by atoms with Crippen LogP contribution in [0.25, 0.3) is 0 Å². The van der Waals surface area contributed by atoms with Crippen molar-refractivity contribution in [3.63, 3.8) is 0 Å². The van der Waals surface area contributed by atoms with Crippen molar-refractivity contribution in [2.24, 2.45) is 28.6 Å². The molecule has 24 unspecified atom stereocenters. The summed E-state index contributed by atoms with van der Waals surface area (Å²) in [6.07, 6.45) is -6.80. The molecular weight excluding hydrogens is 877 g/mol. The van der Waals surface area contributed by atoms with E-state index in [4.69, 9.17) is 52.1 Å². The van der Waals surface area contributed by atoms with Gasteiger partial charge in [-0.15, -0.1) is 0 Å². The summed E-state index contributed by atoms with van der Waals surface area (Å²) >= 11 is 0. The average molecular weight is 959 g/mol. The fourth-order valence-electron chi connectivity index (χ4n) is 13.9. The molecule has 386 valence electrons. The zero-order valence-electron chi connectivity index (χ0n) is 41.8. The Kier molecular flexibility index (Phi) is 16.0. The second-order valence-electron chi connectivity index (χ2n) is 21.6. The molecule has 3 aliphatic heterocycles. The smallest absolute Gasteiger partial charge is 0.309 e. The Hall–Kier alpha value is -1.62. The highest BCUT2D eigenvalue weighted by molar-refractivity contribution is 5.72. The van der Waals surface area contributed by atoms with Gasteiger partial charge in [0, 0.05) is 41.1 Å². The van der Waals surface area contributed by atoms with Gasteiger partial charge in [-0.3, -0.25) is 9.59 Å². The van der Waals surface area contributed by atoms with Crippen LogP contribution in [0.2, 0.25) is 0 Å². The molecule has 0 bridgehead atoms. The predicted octanol–water partition coefficient (Wildman–Crippen LogP) is 3.45. The maximum Gasteiger partial charge on any atom is 0.309 e. The van der Waals surface area contributed by atoms with Crippen molar-refractivity contribution in [3.8, 4) is 0 Å². The van der Waals surface area contributed by atoms with Crippen LogP contribution in [0, 0.1) is 28.6 Å². The van der Waals surface area contributed by atoms with Crippen LogP contribution < -0.4 is 0 Å². The largest absolute Gasteiger partial charge is 0.462 e. The molecule has 4 saturated carbocycles. The first kappa shape index (κ1) is 53.2. The minimum Gasteiger partial charge on any atom is -0.462 e. The van der Waals surface area contributed by atoms with E-state index in [0.717, 1.165) is 0 Å². The summed E-state index contributed by atoms with van der Waals surface area (Å²) in [6, 6.07) is 0. The Labute approximate surface area is 396 Å². The molecule has 3 heterocycles. The molecule has 18 nitrogen and oxygen atoms in total. The van der Waals surface area contributed by atoms with E-state index < -0.39 is 144 Å². The van der Waals surface area contributed by atoms with Gasteiger partial charge in [-0.05, 0) is 103 Å². The van der Waals surface area contributed by atoms with Crippen LogP contribution >= 0.6 is 0 Å². The molecule has 18 heteroatoms. The zero-order chi connectivity index (χ0) is 49.2. The molecule has 4 aliphatic carbocycles. The SMILES string of the molecule is CCC(C)C(=O)OC(C)C1(O)CCC2(O)C3(O)CCC4CC(OC5CC(OC)C(OC6CC(OC)C(OC7OC(C)C(O)C(OC)C7O)C(C)O6)C(C)O5)CCC4(C)C3CC(OC(C)=O)C12C. The summed E-state index contributed by atoms with van der Waals surface area (Å²) in [7, 11) is 4.63. The first-order chi connectivity index (χ1) is 31.5. The van der Waals surface area contributed by atoms with Gasteiger partial charge < -0.3 is 77.6 Å². The number of methoxy groups -OCH3 is 3. The molecule has 7 aliphatic rings. The third-order valence-electron chi connectivity index (χ3n) is 18.3. The Balaban J connectivity index is 0.987. The summed E-state index contributed by atoms with van der Waals surface area (Å²) in [5.74, 6) is -1.77. The molecule has 0 aromatic carbocycles. The van der Waals surface area contributed by atoms with Gasteiger partial charge in [-0.2, -0.15) is 0 Å². The van der Waals surface area contributed by atoms with E-state index >= 15 is 0 Å². The first-order valence-electron chi connectivity index (χ1n) is 24.9. The fourth-order valence-corrected chi connectivity index (χ4v) is 13.9. The fraction of sp³-hybridized carbons (Fsp3) is 0.959. The molecule has 3 saturated heterocycles. The topological polar surface area (TPSA) is 237 Å². The van der Waals surface area contributed by atoms with Gasteiger partial charge in [0.25, 0.3) is 0 Å². The molecule has 0 spiro atoms. The molecular formula is C49H82O18. The monoisotopic (exact) mass is 959 g/mol. The first-order valence-corrected chi connectivity index (χ1v) is 24.9. The Bertz CT molecular complexity index is 1720. The Morgan fingerprint density at radius 2 is 1.33 bits per heavy atom. The van der Waals surface area contributed by atoms with Crippen LogP contribution in [0.15, 0.2) is 0 Å². The van der Waals surface area contributed by atoms with Crippen LogP contribution in [0.1, 0.15) is 133 Å². The van der Waals surface area contributed by atoms with Crippen LogP contribution in [0.4, 0.5) is 0 Å². The van der Waals surface area contributed by atoms with Crippen molar-refractivity contribution in [2.75, 3.05) is 21.3 Å². The maximum atomic E-state index is 13.1. The summed E-state index contributed by atoms with van der Waals surface area (Å²) in [6.45, 7) is 15.9. The molecule has 0 aromatic heterocycles. The molecule has 0 aromatic rings. The highest BCUT2D eigenvalue weighted by Crippen LogP contribution is 2.72. The summed E-state index contributed by atoms with van der Waals surface area (Å²) in [5, 5.41) is 60.1. The highest BCUT2D eigenvalue weighted by atomic mass is 16.8. The van der Waals surface area contributed by atoms with E-state index in [-0.39, 0.29) is 37.7 Å². The molecule has 0 radical (unpaired) electrons. The van der Waals surface area contributed by atoms with Gasteiger partial charge in [0.05, 0.1) is 53.6 Å². The number of hydrogen-bond acceptors (Lipinski definition) is 18. The lowest BCUT2D eigenvalue weighted by Gasteiger charge is -2.69. The normalized spacial score (nSPS) is 50.9. The number of rotatable bonds is 14. The lowest BCUT2D eigenvalue weighted by atomic mass is 9.40. The van der Waals surface area contributed by atoms with Crippen molar-refractivity contribution in [3.05, 3.63) is 0 Å². The van der Waals surface area contributed by atoms with Crippen molar-refractivity contribution in [1.29, 1.82) is 0 Å². The molecule has 7 fully saturated rings. The van der Waals surface area contributed by atoms with Crippen molar-refractivity contribution in [1.82, 2.24) is 0 Å². The van der Waals surface area contributed by atoms with Crippen molar-refractivity contribution < 1.29 is 87.2 Å². The maximum absolute atomic E-state index is 13.1. The molecule has 0 amide bonds. The minimum atomic E-state index is -1.86. The van der Waals surface area contributed by atoms with E-state index in [9.17, 15) is 35.1 Å². The number of hydrogen-bond donors (Lipinski definition) is 5. The van der Waals surface area contributed by atoms with E-state index in [2.05, 4.69) is 6.92 Å². The van der Waals surface area contributed by atoms with Gasteiger partial charge in [0.2, 0.25) is 0 Å². The van der Waals surface area contributed by atoms with Crippen LogP contribution in [-0.2, 0) is 61.7 Å². The summed E-state index contributed by atoms with van der Waals surface area (Å²) in [5.41, 5.74) is -7.29. The lowest BCUT2D eigenvalue weighted by molar-refractivity contribution is -0.353. The number of esters is 2. The van der Waals surface area contributed by atoms with Gasteiger partial charge in [-0.25, -0.2) is 0 Å². The molecule has 7 rings (SSSR count). The average Bonchev–Trinajstić information content (AvgIpc) is 3.51. The second kappa shape index (κ2) is 20.1. The van der Waals surface area contributed by atoms with Gasteiger partial charge in [0.1, 0.15) is 53.9 Å². The summed E-state index contributed by atoms with van der Waals surface area (Å²) < 4.78 is 67.4. The second-order valence-corrected chi connectivity index (χ2v) is 21.6.